The number of hydrogen-bond acceptors (Lipinski definition) is 5. The molecule has 1 amide bonds. The van der Waals surface area contributed by atoms with Gasteiger partial charge in [-0.25, -0.2) is 8.42 Å². The minimum absolute atomic E-state index is 0.146. The summed E-state index contributed by atoms with van der Waals surface area (Å²) in [5.74, 6) is -0.146. The van der Waals surface area contributed by atoms with E-state index in [1.165, 1.54) is 4.31 Å². The van der Waals surface area contributed by atoms with E-state index in [1.807, 2.05) is 13.8 Å². The fraction of sp³-hybridized carbons (Fsp3) is 0.588. The number of amides is 1. The fourth-order valence-corrected chi connectivity index (χ4v) is 4.29. The van der Waals surface area contributed by atoms with E-state index in [-0.39, 0.29) is 10.8 Å². The molecule has 1 aliphatic heterocycles. The molecule has 0 unspecified atom stereocenters. The molecular weight excluding hydrogens is 342 g/mol. The Kier molecular flexibility index (Phi) is 6.80. The van der Waals surface area contributed by atoms with Crippen LogP contribution in [0.5, 0.6) is 0 Å². The smallest absolute Gasteiger partial charge is 0.243 e. The zero-order valence-electron chi connectivity index (χ0n) is 15.1. The largest absolute Gasteiger partial charge is 0.378 e. The van der Waals surface area contributed by atoms with Crippen LogP contribution >= 0.6 is 0 Å². The van der Waals surface area contributed by atoms with Gasteiger partial charge in [0.2, 0.25) is 15.9 Å². The monoisotopic (exact) mass is 369 g/mol. The van der Waals surface area contributed by atoms with Gasteiger partial charge in [-0.15, -0.1) is 0 Å². The van der Waals surface area contributed by atoms with Crippen LogP contribution in [0, 0.1) is 0 Å². The van der Waals surface area contributed by atoms with Crippen molar-refractivity contribution in [2.45, 2.75) is 32.1 Å². The second-order valence-corrected chi connectivity index (χ2v) is 7.71. The van der Waals surface area contributed by atoms with Crippen molar-refractivity contribution in [2.75, 3.05) is 49.6 Å². The van der Waals surface area contributed by atoms with Crippen LogP contribution in [0.15, 0.2) is 23.1 Å². The predicted octanol–water partition coefficient (Wildman–Crippen LogP) is 1.90. The Hall–Kier alpha value is -1.64. The van der Waals surface area contributed by atoms with E-state index < -0.39 is 10.0 Å². The third-order valence-corrected chi connectivity index (χ3v) is 6.30. The first-order valence-corrected chi connectivity index (χ1v) is 10.1. The lowest BCUT2D eigenvalue weighted by molar-refractivity contribution is -0.115. The number of carbonyl (C=O) groups excluding carboxylic acids is 1. The molecule has 0 bridgehead atoms. The molecule has 8 heteroatoms. The molecule has 0 spiro atoms. The zero-order valence-corrected chi connectivity index (χ0v) is 15.9. The number of nitrogens with one attached hydrogen (secondary N) is 1. The summed E-state index contributed by atoms with van der Waals surface area (Å²) in [5, 5.41) is 2.84. The SMILES string of the molecule is CCC(=O)Nc1cc(S(=O)(=O)N(CC)CC)ccc1N1CCOCC1. The molecule has 140 valence electrons. The van der Waals surface area contributed by atoms with Gasteiger partial charge in [0.05, 0.1) is 29.5 Å². The maximum atomic E-state index is 12.8. The van der Waals surface area contributed by atoms with E-state index in [1.54, 1.807) is 25.1 Å². The molecule has 1 aliphatic rings. The Morgan fingerprint density at radius 3 is 2.40 bits per heavy atom. The number of benzene rings is 1. The van der Waals surface area contributed by atoms with Gasteiger partial charge in [-0.3, -0.25) is 4.79 Å². The van der Waals surface area contributed by atoms with Gasteiger partial charge >= 0.3 is 0 Å². The van der Waals surface area contributed by atoms with E-state index in [0.29, 0.717) is 51.5 Å². The summed E-state index contributed by atoms with van der Waals surface area (Å²) in [6.07, 6.45) is 0.329. The van der Waals surface area contributed by atoms with Crippen LogP contribution < -0.4 is 10.2 Å². The summed E-state index contributed by atoms with van der Waals surface area (Å²) in [7, 11) is -3.57. The van der Waals surface area contributed by atoms with Gasteiger partial charge < -0.3 is 15.0 Å². The molecule has 0 radical (unpaired) electrons. The molecule has 0 atom stereocenters. The lowest BCUT2D eigenvalue weighted by Gasteiger charge is -2.31. The summed E-state index contributed by atoms with van der Waals surface area (Å²) in [4.78, 5) is 14.2. The summed E-state index contributed by atoms with van der Waals surface area (Å²) < 4.78 is 32.3. The van der Waals surface area contributed by atoms with Crippen molar-refractivity contribution in [1.82, 2.24) is 4.31 Å². The Morgan fingerprint density at radius 2 is 1.84 bits per heavy atom. The van der Waals surface area contributed by atoms with E-state index in [0.717, 1.165) is 5.69 Å². The Bertz CT molecular complexity index is 696. The lowest BCUT2D eigenvalue weighted by atomic mass is 10.2. The number of rotatable bonds is 7. The van der Waals surface area contributed by atoms with Gasteiger partial charge in [0.25, 0.3) is 0 Å². The molecule has 1 N–H and O–H groups in total. The van der Waals surface area contributed by atoms with Crippen LogP contribution in [0.4, 0.5) is 11.4 Å². The molecule has 0 saturated carbocycles. The fourth-order valence-electron chi connectivity index (χ4n) is 2.81. The molecule has 1 heterocycles. The molecule has 25 heavy (non-hydrogen) atoms. The van der Waals surface area contributed by atoms with Gasteiger partial charge in [0.15, 0.2) is 0 Å². The number of anilines is 2. The Balaban J connectivity index is 2.44. The van der Waals surface area contributed by atoms with Gasteiger partial charge in [-0.2, -0.15) is 4.31 Å². The van der Waals surface area contributed by atoms with Crippen molar-refractivity contribution in [3.05, 3.63) is 18.2 Å². The molecule has 1 fully saturated rings. The first kappa shape index (κ1) is 19.7. The van der Waals surface area contributed by atoms with Crippen LogP contribution in [0.1, 0.15) is 27.2 Å². The summed E-state index contributed by atoms with van der Waals surface area (Å²) >= 11 is 0. The second-order valence-electron chi connectivity index (χ2n) is 5.77. The average Bonchev–Trinajstić information content (AvgIpc) is 2.63. The number of hydrogen-bond donors (Lipinski definition) is 1. The maximum absolute atomic E-state index is 12.8. The van der Waals surface area contributed by atoms with E-state index in [2.05, 4.69) is 10.2 Å². The number of morpholine rings is 1. The van der Waals surface area contributed by atoms with Gasteiger partial charge in [-0.1, -0.05) is 20.8 Å². The molecular formula is C17H27N3O4S. The molecule has 0 aromatic heterocycles. The third-order valence-electron chi connectivity index (χ3n) is 4.26. The number of carbonyl (C=O) groups is 1. The molecule has 1 aromatic rings. The van der Waals surface area contributed by atoms with Crippen LogP contribution in [-0.4, -0.2) is 58.0 Å². The van der Waals surface area contributed by atoms with Crippen molar-refractivity contribution >= 4 is 27.3 Å². The van der Waals surface area contributed by atoms with Crippen molar-refractivity contribution in [3.63, 3.8) is 0 Å². The van der Waals surface area contributed by atoms with Crippen LogP contribution in [0.3, 0.4) is 0 Å². The van der Waals surface area contributed by atoms with Gasteiger partial charge in [-0.05, 0) is 18.2 Å². The number of sulfonamides is 1. The van der Waals surface area contributed by atoms with Crippen molar-refractivity contribution in [2.24, 2.45) is 0 Å². The number of nitrogens with zero attached hydrogens (tertiary/aromatic N) is 2. The topological polar surface area (TPSA) is 79.0 Å². The van der Waals surface area contributed by atoms with Crippen LogP contribution in [-0.2, 0) is 19.6 Å². The van der Waals surface area contributed by atoms with E-state index in [4.69, 9.17) is 4.74 Å². The van der Waals surface area contributed by atoms with Gasteiger partial charge in [0.1, 0.15) is 0 Å². The summed E-state index contributed by atoms with van der Waals surface area (Å²) in [6.45, 7) is 8.82. The first-order chi connectivity index (χ1) is 11.9. The highest BCUT2D eigenvalue weighted by molar-refractivity contribution is 7.89. The van der Waals surface area contributed by atoms with E-state index in [9.17, 15) is 13.2 Å². The maximum Gasteiger partial charge on any atom is 0.243 e. The lowest BCUT2D eigenvalue weighted by Crippen LogP contribution is -2.37. The van der Waals surface area contributed by atoms with Crippen LogP contribution in [0.2, 0.25) is 0 Å². The molecule has 1 aromatic carbocycles. The van der Waals surface area contributed by atoms with E-state index >= 15 is 0 Å². The molecule has 0 aliphatic carbocycles. The highest BCUT2D eigenvalue weighted by Gasteiger charge is 2.24. The van der Waals surface area contributed by atoms with Crippen molar-refractivity contribution in [1.29, 1.82) is 0 Å². The first-order valence-electron chi connectivity index (χ1n) is 8.70. The Morgan fingerprint density at radius 1 is 1.20 bits per heavy atom. The second kappa shape index (κ2) is 8.64. The zero-order chi connectivity index (χ0) is 18.4. The molecule has 1 saturated heterocycles. The molecule has 7 nitrogen and oxygen atoms in total. The average molecular weight is 369 g/mol. The minimum atomic E-state index is -3.57. The minimum Gasteiger partial charge on any atom is -0.378 e. The predicted molar refractivity (Wildman–Crippen MR) is 98.5 cm³/mol. The summed E-state index contributed by atoms with van der Waals surface area (Å²) in [5.41, 5.74) is 1.35. The van der Waals surface area contributed by atoms with Crippen molar-refractivity contribution in [3.8, 4) is 0 Å². The van der Waals surface area contributed by atoms with Gasteiger partial charge in [0, 0.05) is 32.6 Å². The number of ether oxygens (including phenoxy) is 1. The van der Waals surface area contributed by atoms with Crippen LogP contribution in [0.25, 0.3) is 0 Å². The standard InChI is InChI=1S/C17H27N3O4S/c1-4-17(21)18-15-13-14(25(22,23)20(5-2)6-3)7-8-16(15)19-9-11-24-12-10-19/h7-8,13H,4-6,9-12H2,1-3H3,(H,18,21). The molecule has 2 rings (SSSR count). The highest BCUT2D eigenvalue weighted by Crippen LogP contribution is 2.31. The quantitative estimate of drug-likeness (QED) is 0.794. The third kappa shape index (κ3) is 4.50. The van der Waals surface area contributed by atoms with Crippen molar-refractivity contribution < 1.29 is 17.9 Å². The normalized spacial score (nSPS) is 15.4. The highest BCUT2D eigenvalue weighted by atomic mass is 32.2. The Labute approximate surface area is 150 Å². The summed E-state index contributed by atoms with van der Waals surface area (Å²) in [6, 6.07) is 4.94.